The molecule has 1 saturated heterocycles. The van der Waals surface area contributed by atoms with Crippen molar-refractivity contribution in [2.45, 2.75) is 25.3 Å². The second kappa shape index (κ2) is 12.9. The Morgan fingerprint density at radius 3 is 2.44 bits per heavy atom. The largest absolute Gasteiger partial charge is 0.369 e. The number of anilines is 1. The van der Waals surface area contributed by atoms with Gasteiger partial charge in [-0.05, 0) is 37.5 Å². The summed E-state index contributed by atoms with van der Waals surface area (Å²) in [7, 11) is 0. The van der Waals surface area contributed by atoms with Crippen LogP contribution >= 0.6 is 48.8 Å². The van der Waals surface area contributed by atoms with Crippen molar-refractivity contribution in [3.63, 3.8) is 0 Å². The van der Waals surface area contributed by atoms with Crippen LogP contribution < -0.4 is 16.0 Å². The van der Waals surface area contributed by atoms with Gasteiger partial charge in [-0.2, -0.15) is 0 Å². The Morgan fingerprint density at radius 2 is 1.85 bits per heavy atom. The standard InChI is InChI=1S/C18H27ClN4O.3ClH/c19-15-2-1-3-17(13-15)23-10-8-22(9-11-23)7-6-21-18(24)14-4-5-16(20)12-14;;;/h1-3,13-14,16H,4-12,20H2,(H,21,24);3*1H. The van der Waals surface area contributed by atoms with E-state index in [9.17, 15) is 4.79 Å². The molecule has 2 atom stereocenters. The monoisotopic (exact) mass is 458 g/mol. The van der Waals surface area contributed by atoms with E-state index in [1.54, 1.807) is 0 Å². The molecule has 1 aromatic carbocycles. The molecule has 5 nitrogen and oxygen atoms in total. The predicted molar refractivity (Wildman–Crippen MR) is 120 cm³/mol. The van der Waals surface area contributed by atoms with Gasteiger partial charge in [-0.3, -0.25) is 9.69 Å². The van der Waals surface area contributed by atoms with Crippen LogP contribution in [0.15, 0.2) is 24.3 Å². The van der Waals surface area contributed by atoms with E-state index in [4.69, 9.17) is 17.3 Å². The zero-order valence-electron chi connectivity index (χ0n) is 15.3. The number of rotatable bonds is 5. The summed E-state index contributed by atoms with van der Waals surface area (Å²) < 4.78 is 0. The first-order chi connectivity index (χ1) is 11.6. The molecule has 156 valence electrons. The third kappa shape index (κ3) is 7.84. The van der Waals surface area contributed by atoms with E-state index in [2.05, 4.69) is 21.2 Å². The third-order valence-corrected chi connectivity index (χ3v) is 5.35. The number of halogens is 4. The van der Waals surface area contributed by atoms with Crippen LogP contribution in [0.3, 0.4) is 0 Å². The number of hydrogen-bond donors (Lipinski definition) is 2. The summed E-state index contributed by atoms with van der Waals surface area (Å²) in [5.74, 6) is 0.306. The molecule has 3 rings (SSSR count). The number of hydrogen-bond acceptors (Lipinski definition) is 4. The second-order valence-corrected chi connectivity index (χ2v) is 7.31. The maximum absolute atomic E-state index is 12.1. The van der Waals surface area contributed by atoms with Gasteiger partial charge in [-0.1, -0.05) is 17.7 Å². The van der Waals surface area contributed by atoms with Crippen LogP contribution in [0.4, 0.5) is 5.69 Å². The second-order valence-electron chi connectivity index (χ2n) is 6.87. The van der Waals surface area contributed by atoms with Gasteiger partial charge >= 0.3 is 0 Å². The molecular formula is C18H30Cl4N4O. The van der Waals surface area contributed by atoms with Gasteiger partial charge in [0.1, 0.15) is 0 Å². The van der Waals surface area contributed by atoms with Gasteiger partial charge in [0.25, 0.3) is 0 Å². The number of benzene rings is 1. The lowest BCUT2D eigenvalue weighted by Gasteiger charge is -2.36. The SMILES string of the molecule is Cl.Cl.Cl.NC1CCC(C(=O)NCCN2CCN(c3cccc(Cl)c3)CC2)C1. The van der Waals surface area contributed by atoms with Crippen LogP contribution in [-0.4, -0.2) is 56.1 Å². The molecule has 1 saturated carbocycles. The number of carbonyl (C=O) groups is 1. The molecule has 0 radical (unpaired) electrons. The Labute approximate surface area is 185 Å². The molecule has 9 heteroatoms. The van der Waals surface area contributed by atoms with Crippen molar-refractivity contribution in [2.24, 2.45) is 11.7 Å². The highest BCUT2D eigenvalue weighted by Gasteiger charge is 2.27. The minimum Gasteiger partial charge on any atom is -0.369 e. The lowest BCUT2D eigenvalue weighted by atomic mass is 10.1. The molecular weight excluding hydrogens is 430 g/mol. The Balaban J connectivity index is 0.00000225. The Kier molecular flexibility index (Phi) is 12.7. The highest BCUT2D eigenvalue weighted by Crippen LogP contribution is 2.24. The van der Waals surface area contributed by atoms with Crippen LogP contribution in [-0.2, 0) is 4.79 Å². The summed E-state index contributed by atoms with van der Waals surface area (Å²) in [5, 5.41) is 3.86. The molecule has 0 bridgehead atoms. The fourth-order valence-electron chi connectivity index (χ4n) is 3.64. The van der Waals surface area contributed by atoms with E-state index in [0.29, 0.717) is 0 Å². The topological polar surface area (TPSA) is 61.6 Å². The molecule has 1 heterocycles. The summed E-state index contributed by atoms with van der Waals surface area (Å²) in [6.45, 7) is 5.64. The molecule has 2 fully saturated rings. The van der Waals surface area contributed by atoms with Crippen molar-refractivity contribution < 1.29 is 4.79 Å². The van der Waals surface area contributed by atoms with Gasteiger partial charge in [0.05, 0.1) is 0 Å². The van der Waals surface area contributed by atoms with E-state index >= 15 is 0 Å². The number of nitrogens with one attached hydrogen (secondary N) is 1. The number of amides is 1. The maximum atomic E-state index is 12.1. The first-order valence-electron chi connectivity index (χ1n) is 8.88. The number of carbonyl (C=O) groups excluding carboxylic acids is 1. The molecule has 1 aliphatic heterocycles. The summed E-state index contributed by atoms with van der Waals surface area (Å²) in [6.07, 6.45) is 2.75. The fourth-order valence-corrected chi connectivity index (χ4v) is 3.82. The lowest BCUT2D eigenvalue weighted by molar-refractivity contribution is -0.124. The van der Waals surface area contributed by atoms with Gasteiger partial charge in [0.2, 0.25) is 5.91 Å². The van der Waals surface area contributed by atoms with Gasteiger partial charge in [-0.25, -0.2) is 0 Å². The molecule has 1 aliphatic carbocycles. The molecule has 0 spiro atoms. The van der Waals surface area contributed by atoms with Crippen molar-refractivity contribution in [1.29, 1.82) is 0 Å². The van der Waals surface area contributed by atoms with E-state index in [0.717, 1.165) is 63.6 Å². The highest BCUT2D eigenvalue weighted by atomic mass is 35.5. The molecule has 1 amide bonds. The van der Waals surface area contributed by atoms with Crippen molar-refractivity contribution in [3.05, 3.63) is 29.3 Å². The molecule has 3 N–H and O–H groups in total. The zero-order valence-corrected chi connectivity index (χ0v) is 18.5. The van der Waals surface area contributed by atoms with Crippen molar-refractivity contribution in [3.8, 4) is 0 Å². The number of nitrogens with zero attached hydrogens (tertiary/aromatic N) is 2. The average molecular weight is 460 g/mol. The van der Waals surface area contributed by atoms with Crippen LogP contribution in [0.1, 0.15) is 19.3 Å². The highest BCUT2D eigenvalue weighted by molar-refractivity contribution is 6.30. The summed E-state index contributed by atoms with van der Waals surface area (Å²) in [4.78, 5) is 16.9. The first-order valence-corrected chi connectivity index (χ1v) is 9.26. The maximum Gasteiger partial charge on any atom is 0.223 e. The van der Waals surface area contributed by atoms with E-state index in [1.807, 2.05) is 18.2 Å². The minimum absolute atomic E-state index is 0. The summed E-state index contributed by atoms with van der Waals surface area (Å²) >= 11 is 6.07. The molecule has 2 unspecified atom stereocenters. The molecule has 27 heavy (non-hydrogen) atoms. The Hall–Kier alpha value is -0.430. The minimum atomic E-state index is 0. The van der Waals surface area contributed by atoms with Crippen LogP contribution in [0.5, 0.6) is 0 Å². The predicted octanol–water partition coefficient (Wildman–Crippen LogP) is 2.97. The molecule has 2 aliphatic rings. The van der Waals surface area contributed by atoms with Gasteiger partial charge in [-0.15, -0.1) is 37.2 Å². The average Bonchev–Trinajstić information content (AvgIpc) is 3.02. The van der Waals surface area contributed by atoms with Crippen LogP contribution in [0, 0.1) is 5.92 Å². The smallest absolute Gasteiger partial charge is 0.223 e. The Morgan fingerprint density at radius 1 is 1.15 bits per heavy atom. The lowest BCUT2D eigenvalue weighted by Crippen LogP contribution is -2.48. The van der Waals surface area contributed by atoms with Crippen LogP contribution in [0.25, 0.3) is 0 Å². The van der Waals surface area contributed by atoms with Crippen LogP contribution in [0.2, 0.25) is 5.02 Å². The quantitative estimate of drug-likeness (QED) is 0.710. The zero-order chi connectivity index (χ0) is 16.9. The van der Waals surface area contributed by atoms with Crippen molar-refractivity contribution >= 4 is 60.4 Å². The third-order valence-electron chi connectivity index (χ3n) is 5.12. The summed E-state index contributed by atoms with van der Waals surface area (Å²) in [5.41, 5.74) is 7.07. The van der Waals surface area contributed by atoms with Crippen molar-refractivity contribution in [1.82, 2.24) is 10.2 Å². The first kappa shape index (κ1) is 26.6. The number of piperazine rings is 1. The molecule has 1 aromatic rings. The fraction of sp³-hybridized carbons (Fsp3) is 0.611. The van der Waals surface area contributed by atoms with E-state index in [-0.39, 0.29) is 55.1 Å². The van der Waals surface area contributed by atoms with E-state index < -0.39 is 0 Å². The number of nitrogens with two attached hydrogens (primary N) is 1. The van der Waals surface area contributed by atoms with E-state index in [1.165, 1.54) is 5.69 Å². The Bertz CT molecular complexity index is 570. The molecule has 0 aromatic heterocycles. The van der Waals surface area contributed by atoms with Gasteiger partial charge in [0.15, 0.2) is 0 Å². The normalized spacial score (nSPS) is 22.2. The van der Waals surface area contributed by atoms with Gasteiger partial charge in [0, 0.05) is 61.9 Å². The van der Waals surface area contributed by atoms with Crippen molar-refractivity contribution in [2.75, 3.05) is 44.2 Å². The van der Waals surface area contributed by atoms with Gasteiger partial charge < -0.3 is 16.0 Å². The summed E-state index contributed by atoms with van der Waals surface area (Å²) in [6, 6.07) is 8.23.